The van der Waals surface area contributed by atoms with E-state index >= 15 is 0 Å². The van der Waals surface area contributed by atoms with Crippen LogP contribution in [0.4, 0.5) is 0 Å². The first-order chi connectivity index (χ1) is 15.9. The van der Waals surface area contributed by atoms with Gasteiger partial charge >= 0.3 is 0 Å². The van der Waals surface area contributed by atoms with Crippen molar-refractivity contribution in [3.8, 4) is 28.9 Å². The fraction of sp³-hybridized carbons (Fsp3) is 0.360. The Morgan fingerprint density at radius 3 is 2.76 bits per heavy atom. The number of nitriles is 1. The molecule has 3 aromatic rings. The molecular weight excluding hydrogens is 416 g/mol. The number of hydrogen-bond acceptors (Lipinski definition) is 6. The predicted molar refractivity (Wildman–Crippen MR) is 125 cm³/mol. The number of aryl methyl sites for hydroxylation is 1. The molecule has 1 unspecified atom stereocenters. The highest BCUT2D eigenvalue weighted by molar-refractivity contribution is 5.93. The Bertz CT molecular complexity index is 1190. The molecule has 1 aliphatic rings. The number of amides is 1. The summed E-state index contributed by atoms with van der Waals surface area (Å²) < 4.78 is 1.34. The highest BCUT2D eigenvalue weighted by atomic mass is 16.3. The zero-order chi connectivity index (χ0) is 23.5. The third kappa shape index (κ3) is 4.45. The molecule has 2 aromatic heterocycles. The van der Waals surface area contributed by atoms with Crippen molar-refractivity contribution in [2.75, 3.05) is 26.7 Å². The van der Waals surface area contributed by atoms with Crippen LogP contribution >= 0.6 is 0 Å². The molecule has 3 heterocycles. The first kappa shape index (κ1) is 22.5. The Morgan fingerprint density at radius 1 is 1.27 bits per heavy atom. The van der Waals surface area contributed by atoms with Crippen LogP contribution in [0.15, 0.2) is 42.7 Å². The molecule has 8 nitrogen and oxygen atoms in total. The summed E-state index contributed by atoms with van der Waals surface area (Å²) >= 11 is 0. The number of nitrogens with zero attached hydrogens (tertiary/aromatic N) is 6. The molecule has 1 N–H and O–H groups in total. The van der Waals surface area contributed by atoms with Crippen molar-refractivity contribution in [3.05, 3.63) is 59.4 Å². The summed E-state index contributed by atoms with van der Waals surface area (Å²) in [6.45, 7) is 6.83. The zero-order valence-electron chi connectivity index (χ0n) is 19.2. The Kier molecular flexibility index (Phi) is 6.43. The molecule has 1 atom stereocenters. The number of likely N-dealkylation sites (tertiary alicyclic amines) is 1. The van der Waals surface area contributed by atoms with Gasteiger partial charge in [0.25, 0.3) is 5.91 Å². The molecule has 8 heteroatoms. The molecule has 4 rings (SSSR count). The number of likely N-dealkylation sites (N-methyl/N-ethyl adjacent to an activating group) is 2. The van der Waals surface area contributed by atoms with Crippen LogP contribution in [0.25, 0.3) is 16.9 Å². The number of hydrogen-bond donors (Lipinski definition) is 1. The van der Waals surface area contributed by atoms with Crippen LogP contribution in [-0.4, -0.2) is 68.3 Å². The number of benzene rings is 1. The van der Waals surface area contributed by atoms with E-state index in [0.717, 1.165) is 30.6 Å². The van der Waals surface area contributed by atoms with Crippen LogP contribution in [0, 0.1) is 18.3 Å². The normalized spacial score (nSPS) is 16.0. The second-order valence-corrected chi connectivity index (χ2v) is 8.45. The predicted octanol–water partition coefficient (Wildman–Crippen LogP) is 3.38. The largest absolute Gasteiger partial charge is 0.493 e. The van der Waals surface area contributed by atoms with Crippen molar-refractivity contribution in [2.45, 2.75) is 32.7 Å². The van der Waals surface area contributed by atoms with Gasteiger partial charge in [0.2, 0.25) is 5.88 Å². The van der Waals surface area contributed by atoms with Gasteiger partial charge in [-0.05, 0) is 68.2 Å². The monoisotopic (exact) mass is 444 g/mol. The van der Waals surface area contributed by atoms with Gasteiger partial charge in [-0.2, -0.15) is 15.0 Å². The van der Waals surface area contributed by atoms with E-state index in [2.05, 4.69) is 28.0 Å². The van der Waals surface area contributed by atoms with Crippen LogP contribution < -0.4 is 0 Å². The molecule has 0 bridgehead atoms. The van der Waals surface area contributed by atoms with Gasteiger partial charge < -0.3 is 10.0 Å². The minimum atomic E-state index is -0.0735. The minimum Gasteiger partial charge on any atom is -0.493 e. The SMILES string of the molecule is CCN1CCCC1CN(C)C(=O)c1ccc(-n2ncc(-c3ccc(C#N)cc3C)c2O)nc1. The zero-order valence-corrected chi connectivity index (χ0v) is 19.2. The topological polar surface area (TPSA) is 98.3 Å². The Labute approximate surface area is 193 Å². The lowest BCUT2D eigenvalue weighted by Crippen LogP contribution is -2.41. The molecule has 1 amide bonds. The lowest BCUT2D eigenvalue weighted by atomic mass is 10.0. The summed E-state index contributed by atoms with van der Waals surface area (Å²) in [6, 6.07) is 11.2. The van der Waals surface area contributed by atoms with Gasteiger partial charge in [-0.3, -0.25) is 9.69 Å². The average molecular weight is 445 g/mol. The van der Waals surface area contributed by atoms with Crippen LogP contribution in [0.1, 0.15) is 41.3 Å². The standard InChI is InChI=1S/C25H28N6O2/c1-4-30-11-5-6-20(30)16-29(3)24(32)19-8-10-23(27-14-19)31-25(33)22(15-28-31)21-9-7-18(13-26)12-17(21)2/h7-10,12,14-15,20,33H,4-6,11,16H2,1-3H3. The van der Waals surface area contributed by atoms with Gasteiger partial charge in [0.05, 0.1) is 29.0 Å². The van der Waals surface area contributed by atoms with Crippen molar-refractivity contribution in [1.82, 2.24) is 24.6 Å². The second-order valence-electron chi connectivity index (χ2n) is 8.45. The summed E-state index contributed by atoms with van der Waals surface area (Å²) in [7, 11) is 1.83. The molecule has 33 heavy (non-hydrogen) atoms. The molecule has 0 radical (unpaired) electrons. The van der Waals surface area contributed by atoms with E-state index in [4.69, 9.17) is 5.26 Å². The van der Waals surface area contributed by atoms with Gasteiger partial charge in [-0.15, -0.1) is 0 Å². The van der Waals surface area contributed by atoms with Crippen molar-refractivity contribution < 1.29 is 9.90 Å². The third-order valence-electron chi connectivity index (χ3n) is 6.34. The highest BCUT2D eigenvalue weighted by Gasteiger charge is 2.26. The molecule has 1 fully saturated rings. The van der Waals surface area contributed by atoms with Gasteiger partial charge in [0, 0.05) is 25.8 Å². The van der Waals surface area contributed by atoms with Gasteiger partial charge in [0.1, 0.15) is 0 Å². The van der Waals surface area contributed by atoms with Crippen molar-refractivity contribution in [2.24, 2.45) is 0 Å². The first-order valence-corrected chi connectivity index (χ1v) is 11.2. The molecule has 1 saturated heterocycles. The minimum absolute atomic E-state index is 0.0487. The fourth-order valence-electron chi connectivity index (χ4n) is 4.51. The maximum Gasteiger partial charge on any atom is 0.255 e. The number of aromatic nitrogens is 3. The number of rotatable bonds is 6. The van der Waals surface area contributed by atoms with Crippen molar-refractivity contribution in [1.29, 1.82) is 5.26 Å². The van der Waals surface area contributed by atoms with Crippen LogP contribution in [0.5, 0.6) is 5.88 Å². The molecule has 0 aliphatic carbocycles. The number of carbonyl (C=O) groups is 1. The van der Waals surface area contributed by atoms with Gasteiger partial charge in [-0.1, -0.05) is 13.0 Å². The Hall–Kier alpha value is -3.70. The summed E-state index contributed by atoms with van der Waals surface area (Å²) in [5.74, 6) is 0.292. The molecule has 170 valence electrons. The molecular formula is C25H28N6O2. The van der Waals surface area contributed by atoms with E-state index in [-0.39, 0.29) is 11.8 Å². The average Bonchev–Trinajstić information content (AvgIpc) is 3.44. The first-order valence-electron chi connectivity index (χ1n) is 11.2. The van der Waals surface area contributed by atoms with E-state index in [1.807, 2.05) is 14.0 Å². The van der Waals surface area contributed by atoms with Crippen molar-refractivity contribution in [3.63, 3.8) is 0 Å². The van der Waals surface area contributed by atoms with Gasteiger partial charge in [-0.25, -0.2) is 4.98 Å². The van der Waals surface area contributed by atoms with E-state index in [0.29, 0.717) is 35.1 Å². The lowest BCUT2D eigenvalue weighted by Gasteiger charge is -2.27. The number of pyridine rings is 1. The molecule has 1 aliphatic heterocycles. The van der Waals surface area contributed by atoms with Crippen LogP contribution in [0.2, 0.25) is 0 Å². The summed E-state index contributed by atoms with van der Waals surface area (Å²) in [6.07, 6.45) is 5.38. The number of aromatic hydroxyl groups is 1. The lowest BCUT2D eigenvalue weighted by molar-refractivity contribution is 0.0754. The summed E-state index contributed by atoms with van der Waals surface area (Å²) in [4.78, 5) is 21.4. The van der Waals surface area contributed by atoms with E-state index < -0.39 is 0 Å². The number of carbonyl (C=O) groups excluding carboxylic acids is 1. The van der Waals surface area contributed by atoms with Crippen LogP contribution in [0.3, 0.4) is 0 Å². The second kappa shape index (κ2) is 9.43. The van der Waals surface area contributed by atoms with E-state index in [9.17, 15) is 9.90 Å². The third-order valence-corrected chi connectivity index (χ3v) is 6.34. The molecule has 1 aromatic carbocycles. The Morgan fingerprint density at radius 2 is 2.09 bits per heavy atom. The van der Waals surface area contributed by atoms with E-state index in [1.165, 1.54) is 17.3 Å². The van der Waals surface area contributed by atoms with Gasteiger partial charge in [0.15, 0.2) is 5.82 Å². The Balaban J connectivity index is 1.51. The molecule has 0 spiro atoms. The van der Waals surface area contributed by atoms with Crippen LogP contribution in [-0.2, 0) is 0 Å². The fourth-order valence-corrected chi connectivity index (χ4v) is 4.51. The van der Waals surface area contributed by atoms with Crippen molar-refractivity contribution >= 4 is 5.91 Å². The summed E-state index contributed by atoms with van der Waals surface area (Å²) in [5, 5.41) is 24.1. The maximum absolute atomic E-state index is 12.9. The quantitative estimate of drug-likeness (QED) is 0.626. The summed E-state index contributed by atoms with van der Waals surface area (Å²) in [5.41, 5.74) is 3.27. The maximum atomic E-state index is 12.9. The van der Waals surface area contributed by atoms with E-state index in [1.54, 1.807) is 41.4 Å². The highest BCUT2D eigenvalue weighted by Crippen LogP contribution is 2.33. The smallest absolute Gasteiger partial charge is 0.255 e. The molecule has 0 saturated carbocycles.